The maximum atomic E-state index is 5.80. The first kappa shape index (κ1) is 22.9. The van der Waals surface area contributed by atoms with E-state index in [1.807, 2.05) is 42.6 Å². The molecule has 0 amide bonds. The highest BCUT2D eigenvalue weighted by molar-refractivity contribution is 5.79. The number of methoxy groups -OCH3 is 2. The number of ether oxygens (including phenoxy) is 3. The van der Waals surface area contributed by atoms with Crippen molar-refractivity contribution < 1.29 is 14.2 Å². The van der Waals surface area contributed by atoms with Gasteiger partial charge in [-0.25, -0.2) is 4.98 Å². The molecule has 0 radical (unpaired) electrons. The Kier molecular flexibility index (Phi) is 8.53. The van der Waals surface area contributed by atoms with Crippen molar-refractivity contribution in [2.24, 2.45) is 10.4 Å². The molecule has 7 nitrogen and oxygen atoms in total. The first-order valence-electron chi connectivity index (χ1n) is 10.9. The number of hydrogen-bond donors (Lipinski definition) is 2. The SMILES string of the molecule is CN=C(NCc1ccc(Oc2cccc(OC)c2)nc1)NCC1(CCOC)CCCC1. The van der Waals surface area contributed by atoms with E-state index < -0.39 is 0 Å². The van der Waals surface area contributed by atoms with Crippen LogP contribution in [-0.2, 0) is 11.3 Å². The fourth-order valence-corrected chi connectivity index (χ4v) is 4.00. The number of hydrogen-bond acceptors (Lipinski definition) is 5. The number of guanidine groups is 1. The van der Waals surface area contributed by atoms with Crippen LogP contribution in [-0.4, -0.2) is 45.4 Å². The summed E-state index contributed by atoms with van der Waals surface area (Å²) in [5.74, 6) is 2.79. The van der Waals surface area contributed by atoms with Gasteiger partial charge in [0, 0.05) is 52.2 Å². The number of nitrogens with zero attached hydrogens (tertiary/aromatic N) is 2. The lowest BCUT2D eigenvalue weighted by Gasteiger charge is -2.30. The van der Waals surface area contributed by atoms with Crippen molar-refractivity contribution in [2.75, 3.05) is 34.4 Å². The molecule has 0 atom stereocenters. The van der Waals surface area contributed by atoms with Gasteiger partial charge >= 0.3 is 0 Å². The molecule has 1 fully saturated rings. The number of nitrogens with one attached hydrogen (secondary N) is 2. The Bertz CT molecular complexity index is 833. The Morgan fingerprint density at radius 3 is 2.58 bits per heavy atom. The van der Waals surface area contributed by atoms with E-state index >= 15 is 0 Å². The second kappa shape index (κ2) is 11.6. The van der Waals surface area contributed by atoms with Crippen LogP contribution in [0.25, 0.3) is 0 Å². The molecule has 1 aliphatic rings. The minimum Gasteiger partial charge on any atom is -0.497 e. The topological polar surface area (TPSA) is 77.0 Å². The third kappa shape index (κ3) is 6.85. The molecule has 1 heterocycles. The van der Waals surface area contributed by atoms with Crippen LogP contribution in [0.3, 0.4) is 0 Å². The molecule has 168 valence electrons. The average Bonchev–Trinajstić information content (AvgIpc) is 3.28. The molecule has 1 aromatic heterocycles. The van der Waals surface area contributed by atoms with Crippen molar-refractivity contribution in [3.8, 4) is 17.4 Å². The fourth-order valence-electron chi connectivity index (χ4n) is 4.00. The molecule has 2 N–H and O–H groups in total. The summed E-state index contributed by atoms with van der Waals surface area (Å²) in [5, 5.41) is 6.89. The van der Waals surface area contributed by atoms with Crippen LogP contribution in [0.15, 0.2) is 47.6 Å². The van der Waals surface area contributed by atoms with Gasteiger partial charge in [-0.15, -0.1) is 0 Å². The molecule has 7 heteroatoms. The van der Waals surface area contributed by atoms with Gasteiger partial charge in [0.15, 0.2) is 5.96 Å². The van der Waals surface area contributed by atoms with Crippen LogP contribution >= 0.6 is 0 Å². The molecule has 3 rings (SSSR count). The third-order valence-corrected chi connectivity index (χ3v) is 5.88. The van der Waals surface area contributed by atoms with Crippen molar-refractivity contribution in [3.05, 3.63) is 48.2 Å². The standard InChI is InChI=1S/C24H34N4O3/c1-25-23(28-18-24(13-14-29-2)11-4-5-12-24)27-17-19-9-10-22(26-16-19)31-21-8-6-7-20(15-21)30-3/h6-10,15-16H,4-5,11-14,17-18H2,1-3H3,(H2,25,27,28). The van der Waals surface area contributed by atoms with Crippen molar-refractivity contribution in [1.82, 2.24) is 15.6 Å². The highest BCUT2D eigenvalue weighted by Gasteiger charge is 2.33. The fraction of sp³-hybridized carbons (Fsp3) is 0.500. The molecule has 1 aliphatic carbocycles. The zero-order chi connectivity index (χ0) is 21.9. The monoisotopic (exact) mass is 426 g/mol. The van der Waals surface area contributed by atoms with Gasteiger partial charge in [-0.05, 0) is 42.4 Å². The molecule has 31 heavy (non-hydrogen) atoms. The third-order valence-electron chi connectivity index (χ3n) is 5.88. The van der Waals surface area contributed by atoms with E-state index in [0.717, 1.165) is 36.8 Å². The molecule has 2 aromatic rings. The first-order chi connectivity index (χ1) is 15.2. The van der Waals surface area contributed by atoms with Crippen LogP contribution < -0.4 is 20.1 Å². The number of pyridine rings is 1. The number of rotatable bonds is 10. The van der Waals surface area contributed by atoms with Crippen LogP contribution in [0.4, 0.5) is 0 Å². The smallest absolute Gasteiger partial charge is 0.219 e. The van der Waals surface area contributed by atoms with Crippen molar-refractivity contribution in [2.45, 2.75) is 38.6 Å². The lowest BCUT2D eigenvalue weighted by molar-refractivity contribution is 0.138. The van der Waals surface area contributed by atoms with E-state index in [4.69, 9.17) is 14.2 Å². The predicted octanol–water partition coefficient (Wildman–Crippen LogP) is 4.14. The summed E-state index contributed by atoms with van der Waals surface area (Å²) in [4.78, 5) is 8.78. The normalized spacial score (nSPS) is 15.5. The van der Waals surface area contributed by atoms with Gasteiger partial charge in [-0.3, -0.25) is 4.99 Å². The number of aliphatic imine (C=N–C) groups is 1. The van der Waals surface area contributed by atoms with Gasteiger partial charge in [-0.2, -0.15) is 0 Å². The van der Waals surface area contributed by atoms with Gasteiger partial charge in [0.1, 0.15) is 11.5 Å². The highest BCUT2D eigenvalue weighted by Crippen LogP contribution is 2.40. The Morgan fingerprint density at radius 2 is 1.90 bits per heavy atom. The van der Waals surface area contributed by atoms with Gasteiger partial charge < -0.3 is 24.8 Å². The summed E-state index contributed by atoms with van der Waals surface area (Å²) in [6.45, 7) is 2.36. The van der Waals surface area contributed by atoms with Crippen molar-refractivity contribution >= 4 is 5.96 Å². The summed E-state index contributed by atoms with van der Waals surface area (Å²) in [7, 11) is 5.21. The van der Waals surface area contributed by atoms with E-state index in [-0.39, 0.29) is 0 Å². The summed E-state index contributed by atoms with van der Waals surface area (Å²) < 4.78 is 16.4. The summed E-state index contributed by atoms with van der Waals surface area (Å²) in [6, 6.07) is 11.3. The maximum Gasteiger partial charge on any atom is 0.219 e. The molecule has 0 saturated heterocycles. The lowest BCUT2D eigenvalue weighted by atomic mass is 9.83. The number of benzene rings is 1. The van der Waals surface area contributed by atoms with E-state index in [9.17, 15) is 0 Å². The quantitative estimate of drug-likeness (QED) is 0.439. The molecule has 0 bridgehead atoms. The highest BCUT2D eigenvalue weighted by atomic mass is 16.5. The summed E-state index contributed by atoms with van der Waals surface area (Å²) in [5.41, 5.74) is 1.37. The molecule has 1 saturated carbocycles. The van der Waals surface area contributed by atoms with Crippen molar-refractivity contribution in [1.29, 1.82) is 0 Å². The zero-order valence-electron chi connectivity index (χ0n) is 18.8. The summed E-state index contributed by atoms with van der Waals surface area (Å²) >= 11 is 0. The predicted molar refractivity (Wildman–Crippen MR) is 123 cm³/mol. The molecule has 0 unspecified atom stereocenters. The van der Waals surface area contributed by atoms with Gasteiger partial charge in [0.25, 0.3) is 0 Å². The Hall–Kier alpha value is -2.80. The largest absolute Gasteiger partial charge is 0.497 e. The second-order valence-electron chi connectivity index (χ2n) is 8.01. The van der Waals surface area contributed by atoms with Crippen LogP contribution in [0.2, 0.25) is 0 Å². The Balaban J connectivity index is 1.49. The molecular formula is C24H34N4O3. The maximum absolute atomic E-state index is 5.80. The minimum atomic E-state index is 0.314. The first-order valence-corrected chi connectivity index (χ1v) is 10.9. The van der Waals surface area contributed by atoms with Crippen molar-refractivity contribution in [3.63, 3.8) is 0 Å². The second-order valence-corrected chi connectivity index (χ2v) is 8.01. The van der Waals surface area contributed by atoms with Crippen LogP contribution in [0.5, 0.6) is 17.4 Å². The molecular weight excluding hydrogens is 392 g/mol. The van der Waals surface area contributed by atoms with E-state index in [0.29, 0.717) is 23.6 Å². The number of aromatic nitrogens is 1. The Labute approximate surface area is 185 Å². The van der Waals surface area contributed by atoms with Gasteiger partial charge in [0.05, 0.1) is 7.11 Å². The van der Waals surface area contributed by atoms with Gasteiger partial charge in [-0.1, -0.05) is 25.0 Å². The van der Waals surface area contributed by atoms with Gasteiger partial charge in [0.2, 0.25) is 5.88 Å². The van der Waals surface area contributed by atoms with E-state index in [2.05, 4.69) is 20.6 Å². The van der Waals surface area contributed by atoms with Crippen LogP contribution in [0, 0.1) is 5.41 Å². The zero-order valence-corrected chi connectivity index (χ0v) is 18.8. The average molecular weight is 427 g/mol. The molecule has 0 spiro atoms. The Morgan fingerprint density at radius 1 is 1.10 bits per heavy atom. The van der Waals surface area contributed by atoms with E-state index in [1.54, 1.807) is 21.3 Å². The molecule has 0 aliphatic heterocycles. The minimum absolute atomic E-state index is 0.314. The van der Waals surface area contributed by atoms with Crippen LogP contribution in [0.1, 0.15) is 37.7 Å². The summed E-state index contributed by atoms with van der Waals surface area (Å²) in [6.07, 6.45) is 8.00. The van der Waals surface area contributed by atoms with E-state index in [1.165, 1.54) is 25.7 Å². The molecule has 1 aromatic carbocycles. The lowest BCUT2D eigenvalue weighted by Crippen LogP contribution is -2.43.